The molecule has 0 bridgehead atoms. The molecule has 31 heavy (non-hydrogen) atoms. The summed E-state index contributed by atoms with van der Waals surface area (Å²) in [6, 6.07) is 15.2. The molecule has 0 unspecified atom stereocenters. The van der Waals surface area contributed by atoms with Gasteiger partial charge in [0.1, 0.15) is 11.8 Å². The molecule has 0 radical (unpaired) electrons. The van der Waals surface area contributed by atoms with Gasteiger partial charge in [-0.05, 0) is 49.6 Å². The standard InChI is InChI=1S/C25H31N3O3/c1-3-19-8-5-7-11-23(19)31-18-24(29)28-21-10-6-4-9-20(21)12-13-22(28)25(30)27-16-14-26(2)15-17-27/h4-11,22H,3,12-18H2,1-2H3/t22-/m1/s1. The molecule has 164 valence electrons. The number of nitrogens with zero attached hydrogens (tertiary/aromatic N) is 3. The number of ether oxygens (including phenoxy) is 1. The summed E-state index contributed by atoms with van der Waals surface area (Å²) in [5.41, 5.74) is 3.00. The predicted molar refractivity (Wildman–Crippen MR) is 121 cm³/mol. The van der Waals surface area contributed by atoms with E-state index in [1.54, 1.807) is 4.90 Å². The number of rotatable bonds is 5. The van der Waals surface area contributed by atoms with Crippen LogP contribution >= 0.6 is 0 Å². The summed E-state index contributed by atoms with van der Waals surface area (Å²) in [6.07, 6.45) is 2.27. The van der Waals surface area contributed by atoms with Gasteiger partial charge in [-0.1, -0.05) is 43.3 Å². The van der Waals surface area contributed by atoms with Gasteiger partial charge < -0.3 is 14.5 Å². The van der Waals surface area contributed by atoms with Crippen LogP contribution in [0.1, 0.15) is 24.5 Å². The van der Waals surface area contributed by atoms with E-state index in [-0.39, 0.29) is 18.4 Å². The van der Waals surface area contributed by atoms with Crippen LogP contribution in [-0.4, -0.2) is 67.5 Å². The smallest absolute Gasteiger partial charge is 0.265 e. The Balaban J connectivity index is 1.56. The molecule has 1 atom stereocenters. The number of hydrogen-bond donors (Lipinski definition) is 0. The lowest BCUT2D eigenvalue weighted by Crippen LogP contribution is -2.57. The van der Waals surface area contributed by atoms with Gasteiger partial charge in [-0.2, -0.15) is 0 Å². The third kappa shape index (κ3) is 4.59. The van der Waals surface area contributed by atoms with Crippen LogP contribution in [0.4, 0.5) is 5.69 Å². The Morgan fingerprint density at radius 1 is 1.00 bits per heavy atom. The van der Waals surface area contributed by atoms with Crippen LogP contribution in [0.3, 0.4) is 0 Å². The second-order valence-electron chi connectivity index (χ2n) is 8.33. The van der Waals surface area contributed by atoms with Crippen LogP contribution < -0.4 is 9.64 Å². The number of anilines is 1. The van der Waals surface area contributed by atoms with Crippen LogP contribution in [-0.2, 0) is 22.4 Å². The van der Waals surface area contributed by atoms with Gasteiger partial charge in [0.2, 0.25) is 5.91 Å². The van der Waals surface area contributed by atoms with Crippen molar-refractivity contribution in [3.8, 4) is 5.75 Å². The van der Waals surface area contributed by atoms with Gasteiger partial charge in [-0.25, -0.2) is 0 Å². The highest BCUT2D eigenvalue weighted by atomic mass is 16.5. The van der Waals surface area contributed by atoms with E-state index in [2.05, 4.69) is 18.9 Å². The number of likely N-dealkylation sites (N-methyl/N-ethyl adjacent to an activating group) is 1. The lowest BCUT2D eigenvalue weighted by atomic mass is 9.94. The average Bonchev–Trinajstić information content (AvgIpc) is 2.82. The zero-order valence-electron chi connectivity index (χ0n) is 18.4. The molecule has 4 rings (SSSR count). The van der Waals surface area contributed by atoms with Crippen LogP contribution in [0, 0.1) is 0 Å². The molecule has 2 heterocycles. The monoisotopic (exact) mass is 421 g/mol. The molecule has 0 saturated carbocycles. The topological polar surface area (TPSA) is 53.1 Å². The van der Waals surface area contributed by atoms with E-state index in [4.69, 9.17) is 4.74 Å². The molecular weight excluding hydrogens is 390 g/mol. The first-order valence-electron chi connectivity index (χ1n) is 11.2. The maximum atomic E-state index is 13.4. The maximum Gasteiger partial charge on any atom is 0.265 e. The van der Waals surface area contributed by atoms with Gasteiger partial charge in [0, 0.05) is 31.9 Å². The van der Waals surface area contributed by atoms with Crippen molar-refractivity contribution >= 4 is 17.5 Å². The summed E-state index contributed by atoms with van der Waals surface area (Å²) < 4.78 is 5.92. The van der Waals surface area contributed by atoms with Crippen LogP contribution in [0.15, 0.2) is 48.5 Å². The van der Waals surface area contributed by atoms with E-state index in [9.17, 15) is 9.59 Å². The Labute approximate surface area is 184 Å². The van der Waals surface area contributed by atoms with E-state index in [1.807, 2.05) is 53.4 Å². The van der Waals surface area contributed by atoms with Crippen LogP contribution in [0.5, 0.6) is 5.75 Å². The number of carbonyl (C=O) groups is 2. The average molecular weight is 422 g/mol. The third-order valence-electron chi connectivity index (χ3n) is 6.32. The zero-order valence-corrected chi connectivity index (χ0v) is 18.4. The number of benzene rings is 2. The van der Waals surface area contributed by atoms with Crippen molar-refractivity contribution in [1.82, 2.24) is 9.80 Å². The Bertz CT molecular complexity index is 937. The number of carbonyl (C=O) groups excluding carboxylic acids is 2. The molecule has 2 aliphatic heterocycles. The molecule has 2 aromatic carbocycles. The highest BCUT2D eigenvalue weighted by molar-refractivity contribution is 6.02. The van der Waals surface area contributed by atoms with Crippen molar-refractivity contribution in [2.75, 3.05) is 44.7 Å². The third-order valence-corrected chi connectivity index (χ3v) is 6.32. The first kappa shape index (κ1) is 21.4. The molecule has 0 spiro atoms. The first-order valence-corrected chi connectivity index (χ1v) is 11.2. The molecule has 0 aromatic heterocycles. The molecule has 0 N–H and O–H groups in total. The Kier molecular flexibility index (Phi) is 6.56. The predicted octanol–water partition coefficient (Wildman–Crippen LogP) is 2.75. The summed E-state index contributed by atoms with van der Waals surface area (Å²) in [5, 5.41) is 0. The van der Waals surface area contributed by atoms with E-state index < -0.39 is 6.04 Å². The quantitative estimate of drug-likeness (QED) is 0.745. The van der Waals surface area contributed by atoms with E-state index >= 15 is 0 Å². The number of fused-ring (bicyclic) bond motifs is 1. The first-order chi connectivity index (χ1) is 15.1. The molecular formula is C25H31N3O3. The number of para-hydroxylation sites is 2. The van der Waals surface area contributed by atoms with Crippen molar-refractivity contribution < 1.29 is 14.3 Å². The molecule has 1 saturated heterocycles. The van der Waals surface area contributed by atoms with Crippen LogP contribution in [0.2, 0.25) is 0 Å². The van der Waals surface area contributed by atoms with E-state index in [1.165, 1.54) is 0 Å². The fourth-order valence-electron chi connectivity index (χ4n) is 4.47. The summed E-state index contributed by atoms with van der Waals surface area (Å²) >= 11 is 0. The zero-order chi connectivity index (χ0) is 21.8. The summed E-state index contributed by atoms with van der Waals surface area (Å²) in [7, 11) is 2.07. The number of piperazine rings is 1. The van der Waals surface area contributed by atoms with Crippen molar-refractivity contribution in [3.05, 3.63) is 59.7 Å². The molecule has 2 aromatic rings. The minimum atomic E-state index is -0.476. The normalized spacial score (nSPS) is 19.1. The molecule has 6 heteroatoms. The molecule has 1 fully saturated rings. The van der Waals surface area contributed by atoms with Crippen molar-refractivity contribution in [3.63, 3.8) is 0 Å². The lowest BCUT2D eigenvalue weighted by Gasteiger charge is -2.40. The molecule has 2 aliphatic rings. The van der Waals surface area contributed by atoms with Gasteiger partial charge in [-0.3, -0.25) is 14.5 Å². The second kappa shape index (κ2) is 9.52. The van der Waals surface area contributed by atoms with Crippen LogP contribution in [0.25, 0.3) is 0 Å². The largest absolute Gasteiger partial charge is 0.483 e. The highest BCUT2D eigenvalue weighted by Gasteiger charge is 2.38. The minimum Gasteiger partial charge on any atom is -0.483 e. The maximum absolute atomic E-state index is 13.4. The Hall–Kier alpha value is -2.86. The van der Waals surface area contributed by atoms with Gasteiger partial charge >= 0.3 is 0 Å². The number of aryl methyl sites for hydroxylation is 2. The SMILES string of the molecule is CCc1ccccc1OCC(=O)N1c2ccccc2CC[C@@H]1C(=O)N1CCN(C)CC1. The van der Waals surface area contributed by atoms with E-state index in [0.717, 1.165) is 48.5 Å². The molecule has 6 nitrogen and oxygen atoms in total. The molecule has 0 aliphatic carbocycles. The summed E-state index contributed by atoms with van der Waals surface area (Å²) in [4.78, 5) is 32.7. The number of amides is 2. The van der Waals surface area contributed by atoms with Gasteiger partial charge in [0.05, 0.1) is 0 Å². The van der Waals surface area contributed by atoms with Crippen molar-refractivity contribution in [2.24, 2.45) is 0 Å². The minimum absolute atomic E-state index is 0.0462. The van der Waals surface area contributed by atoms with E-state index in [0.29, 0.717) is 19.5 Å². The Morgan fingerprint density at radius 3 is 2.48 bits per heavy atom. The fraction of sp³-hybridized carbons (Fsp3) is 0.440. The van der Waals surface area contributed by atoms with Gasteiger partial charge in [-0.15, -0.1) is 0 Å². The highest BCUT2D eigenvalue weighted by Crippen LogP contribution is 2.32. The van der Waals surface area contributed by atoms with Crippen molar-refractivity contribution in [2.45, 2.75) is 32.2 Å². The summed E-state index contributed by atoms with van der Waals surface area (Å²) in [5.74, 6) is 0.598. The van der Waals surface area contributed by atoms with Crippen molar-refractivity contribution in [1.29, 1.82) is 0 Å². The Morgan fingerprint density at radius 2 is 1.71 bits per heavy atom. The second-order valence-corrected chi connectivity index (χ2v) is 8.33. The lowest BCUT2D eigenvalue weighted by molar-refractivity contribution is -0.136. The molecule has 2 amide bonds. The number of hydrogen-bond acceptors (Lipinski definition) is 4. The summed E-state index contributed by atoms with van der Waals surface area (Å²) in [6.45, 7) is 5.11. The van der Waals surface area contributed by atoms with Gasteiger partial charge in [0.15, 0.2) is 6.61 Å². The van der Waals surface area contributed by atoms with Gasteiger partial charge in [0.25, 0.3) is 5.91 Å². The fourth-order valence-corrected chi connectivity index (χ4v) is 4.47.